The van der Waals surface area contributed by atoms with Crippen molar-refractivity contribution in [3.63, 3.8) is 0 Å². The summed E-state index contributed by atoms with van der Waals surface area (Å²) in [7, 11) is 0. The van der Waals surface area contributed by atoms with Crippen LogP contribution in [0.25, 0.3) is 0 Å². The van der Waals surface area contributed by atoms with Gasteiger partial charge in [0, 0.05) is 22.3 Å². The van der Waals surface area contributed by atoms with Crippen LogP contribution in [0.15, 0.2) is 47.1 Å². The summed E-state index contributed by atoms with van der Waals surface area (Å²) >= 11 is 3.39. The first-order chi connectivity index (χ1) is 9.66. The molecule has 0 amide bonds. The van der Waals surface area contributed by atoms with Crippen LogP contribution in [-0.2, 0) is 0 Å². The molecule has 0 saturated carbocycles. The Morgan fingerprint density at radius 3 is 2.95 bits per heavy atom. The van der Waals surface area contributed by atoms with Gasteiger partial charge in [-0.25, -0.2) is 0 Å². The first-order valence-corrected chi connectivity index (χ1v) is 7.33. The average Bonchev–Trinajstić information content (AvgIpc) is 2.48. The number of nitrogens with zero attached hydrogens (tertiary/aromatic N) is 1. The summed E-state index contributed by atoms with van der Waals surface area (Å²) in [6, 6.07) is 11.3. The molecule has 3 rings (SSSR count). The quantitative estimate of drug-likeness (QED) is 0.839. The summed E-state index contributed by atoms with van der Waals surface area (Å²) < 4.78 is 6.67. The van der Waals surface area contributed by atoms with Gasteiger partial charge >= 0.3 is 0 Å². The minimum Gasteiger partial charge on any atom is -0.492 e. The number of carbonyl (C=O) groups excluding carboxylic acids is 1. The van der Waals surface area contributed by atoms with Gasteiger partial charge in [0.05, 0.1) is 18.1 Å². The number of rotatable bonds is 2. The van der Waals surface area contributed by atoms with Crippen molar-refractivity contribution in [2.45, 2.75) is 12.8 Å². The highest BCUT2D eigenvalue weighted by Crippen LogP contribution is 2.35. The predicted molar refractivity (Wildman–Crippen MR) is 80.1 cm³/mol. The third-order valence-electron chi connectivity index (χ3n) is 3.72. The van der Waals surface area contributed by atoms with Crippen LogP contribution in [-0.4, -0.2) is 17.4 Å². The molecular weight excluding hydrogens is 318 g/mol. The van der Waals surface area contributed by atoms with Crippen molar-refractivity contribution in [2.24, 2.45) is 5.92 Å². The molecule has 4 heteroatoms. The number of hydrogen-bond donors (Lipinski definition) is 0. The van der Waals surface area contributed by atoms with E-state index in [1.54, 1.807) is 6.20 Å². The Morgan fingerprint density at radius 2 is 2.20 bits per heavy atom. The third kappa shape index (κ3) is 2.36. The smallest absolute Gasteiger partial charge is 0.173 e. The van der Waals surface area contributed by atoms with Gasteiger partial charge in [0.15, 0.2) is 5.78 Å². The van der Waals surface area contributed by atoms with Crippen molar-refractivity contribution >= 4 is 21.7 Å². The van der Waals surface area contributed by atoms with Crippen molar-refractivity contribution in [3.05, 3.63) is 58.3 Å². The van der Waals surface area contributed by atoms with E-state index in [9.17, 15) is 4.79 Å². The van der Waals surface area contributed by atoms with E-state index in [0.717, 1.165) is 10.2 Å². The fourth-order valence-electron chi connectivity index (χ4n) is 2.50. The fourth-order valence-corrected chi connectivity index (χ4v) is 2.84. The average molecular weight is 332 g/mol. The number of pyridine rings is 1. The Kier molecular flexibility index (Phi) is 3.57. The highest BCUT2D eigenvalue weighted by molar-refractivity contribution is 9.10. The molecule has 20 heavy (non-hydrogen) atoms. The third-order valence-corrected chi connectivity index (χ3v) is 4.22. The molecule has 1 aliphatic heterocycles. The van der Waals surface area contributed by atoms with E-state index in [4.69, 9.17) is 4.74 Å². The molecule has 0 bridgehead atoms. The second kappa shape index (κ2) is 5.37. The Bertz CT molecular complexity index is 642. The second-order valence-corrected chi connectivity index (χ2v) is 5.88. The summed E-state index contributed by atoms with van der Waals surface area (Å²) in [6.45, 7) is 2.43. The summed E-state index contributed by atoms with van der Waals surface area (Å²) in [4.78, 5) is 17.0. The number of halogens is 1. The number of benzene rings is 1. The van der Waals surface area contributed by atoms with Crippen LogP contribution in [0.3, 0.4) is 0 Å². The molecule has 0 spiro atoms. The van der Waals surface area contributed by atoms with Crippen LogP contribution >= 0.6 is 15.9 Å². The molecule has 2 atom stereocenters. The van der Waals surface area contributed by atoms with Gasteiger partial charge in [-0.3, -0.25) is 9.78 Å². The van der Waals surface area contributed by atoms with E-state index in [0.29, 0.717) is 17.9 Å². The molecule has 1 aromatic heterocycles. The number of carbonyl (C=O) groups is 1. The zero-order valence-electron chi connectivity index (χ0n) is 11.0. The Hall–Kier alpha value is -1.68. The molecule has 0 N–H and O–H groups in total. The van der Waals surface area contributed by atoms with Crippen LogP contribution in [0.1, 0.15) is 28.9 Å². The number of hydrogen-bond acceptors (Lipinski definition) is 3. The van der Waals surface area contributed by atoms with Gasteiger partial charge in [-0.1, -0.05) is 28.9 Å². The van der Waals surface area contributed by atoms with Crippen molar-refractivity contribution in [1.29, 1.82) is 0 Å². The fraction of sp³-hybridized carbons (Fsp3) is 0.250. The predicted octanol–water partition coefficient (Wildman–Crippen LogP) is 3.84. The number of Topliss-reactive ketones (excluding diaryl/α,β-unsaturated/α-hetero) is 1. The topological polar surface area (TPSA) is 39.2 Å². The lowest BCUT2D eigenvalue weighted by Gasteiger charge is -2.28. The molecule has 2 aromatic rings. The maximum absolute atomic E-state index is 12.6. The van der Waals surface area contributed by atoms with Crippen molar-refractivity contribution in [2.75, 3.05) is 6.61 Å². The van der Waals surface area contributed by atoms with E-state index in [1.807, 2.05) is 43.3 Å². The number of ketones is 1. The largest absolute Gasteiger partial charge is 0.492 e. The van der Waals surface area contributed by atoms with Gasteiger partial charge in [-0.05, 0) is 30.3 Å². The minimum atomic E-state index is -0.182. The number of ether oxygens (including phenoxy) is 1. The van der Waals surface area contributed by atoms with Crippen LogP contribution < -0.4 is 4.74 Å². The summed E-state index contributed by atoms with van der Waals surface area (Å²) in [5.41, 5.74) is 1.59. The molecule has 2 heterocycles. The lowest BCUT2D eigenvalue weighted by molar-refractivity contribution is 0.0803. The SMILES string of the molecule is CC(c1ccccn1)C1COc2cc(Br)ccc2C1=O. The highest BCUT2D eigenvalue weighted by Gasteiger charge is 2.34. The van der Waals surface area contributed by atoms with E-state index in [-0.39, 0.29) is 17.6 Å². The summed E-state index contributed by atoms with van der Waals surface area (Å²) in [6.07, 6.45) is 1.76. The van der Waals surface area contributed by atoms with Gasteiger partial charge in [0.1, 0.15) is 5.75 Å². The Morgan fingerprint density at radius 1 is 1.35 bits per heavy atom. The summed E-state index contributed by atoms with van der Waals surface area (Å²) in [5.74, 6) is 0.657. The molecule has 102 valence electrons. The lowest BCUT2D eigenvalue weighted by Crippen LogP contribution is -2.32. The highest BCUT2D eigenvalue weighted by atomic mass is 79.9. The van der Waals surface area contributed by atoms with E-state index in [1.165, 1.54) is 0 Å². The Balaban J connectivity index is 1.91. The van der Waals surface area contributed by atoms with E-state index >= 15 is 0 Å². The van der Waals surface area contributed by atoms with Crippen molar-refractivity contribution < 1.29 is 9.53 Å². The standard InChI is InChI=1S/C16H14BrNO2/c1-10(14-4-2-3-7-18-14)13-9-20-15-8-11(17)5-6-12(15)16(13)19/h2-8,10,13H,9H2,1H3. The first kappa shape index (κ1) is 13.3. The Labute approximate surface area is 126 Å². The van der Waals surface area contributed by atoms with Gasteiger partial charge in [-0.15, -0.1) is 0 Å². The maximum atomic E-state index is 12.6. The normalized spacial score (nSPS) is 19.1. The van der Waals surface area contributed by atoms with Gasteiger partial charge in [-0.2, -0.15) is 0 Å². The molecule has 1 aliphatic rings. The molecule has 0 aliphatic carbocycles. The maximum Gasteiger partial charge on any atom is 0.173 e. The van der Waals surface area contributed by atoms with Crippen molar-refractivity contribution in [3.8, 4) is 5.75 Å². The van der Waals surface area contributed by atoms with Gasteiger partial charge in [0.2, 0.25) is 0 Å². The first-order valence-electron chi connectivity index (χ1n) is 6.54. The van der Waals surface area contributed by atoms with Gasteiger partial charge < -0.3 is 4.74 Å². The molecular formula is C16H14BrNO2. The number of fused-ring (bicyclic) bond motifs is 1. The molecule has 3 nitrogen and oxygen atoms in total. The molecule has 0 fully saturated rings. The zero-order valence-corrected chi connectivity index (χ0v) is 12.6. The summed E-state index contributed by atoms with van der Waals surface area (Å²) in [5, 5.41) is 0. The molecule has 2 unspecified atom stereocenters. The number of aromatic nitrogens is 1. The molecule has 1 aromatic carbocycles. The molecule has 0 saturated heterocycles. The monoisotopic (exact) mass is 331 g/mol. The van der Waals surface area contributed by atoms with Crippen LogP contribution in [0.2, 0.25) is 0 Å². The zero-order chi connectivity index (χ0) is 14.1. The van der Waals surface area contributed by atoms with E-state index < -0.39 is 0 Å². The molecule has 0 radical (unpaired) electrons. The van der Waals surface area contributed by atoms with Crippen LogP contribution in [0, 0.1) is 5.92 Å². The minimum absolute atomic E-state index is 0.0421. The van der Waals surface area contributed by atoms with Gasteiger partial charge in [0.25, 0.3) is 0 Å². The second-order valence-electron chi connectivity index (χ2n) is 4.97. The van der Waals surface area contributed by atoms with Crippen LogP contribution in [0.4, 0.5) is 0 Å². The van der Waals surface area contributed by atoms with Crippen molar-refractivity contribution in [1.82, 2.24) is 4.98 Å². The van der Waals surface area contributed by atoms with Crippen LogP contribution in [0.5, 0.6) is 5.75 Å². The van der Waals surface area contributed by atoms with E-state index in [2.05, 4.69) is 20.9 Å². The lowest BCUT2D eigenvalue weighted by atomic mass is 9.83.